The molecule has 1 heteroatoms. The molecule has 0 aliphatic heterocycles. The topological polar surface area (TPSA) is 26.0 Å². The molecule has 0 heterocycles. The van der Waals surface area contributed by atoms with E-state index in [-0.39, 0.29) is 5.54 Å². The maximum atomic E-state index is 6.38. The van der Waals surface area contributed by atoms with Crippen LogP contribution in [0, 0.1) is 0 Å². The third kappa shape index (κ3) is 2.01. The van der Waals surface area contributed by atoms with Crippen LogP contribution in [-0.4, -0.2) is 0 Å². The van der Waals surface area contributed by atoms with Gasteiger partial charge in [0.05, 0.1) is 0 Å². The van der Waals surface area contributed by atoms with Crippen LogP contribution >= 0.6 is 0 Å². The fourth-order valence-electron chi connectivity index (χ4n) is 2.71. The summed E-state index contributed by atoms with van der Waals surface area (Å²) < 4.78 is 0. The third-order valence-electron chi connectivity index (χ3n) is 4.16. The molecule has 1 aromatic carbocycles. The first-order chi connectivity index (χ1) is 7.69. The molecule has 0 aromatic heterocycles. The van der Waals surface area contributed by atoms with Crippen LogP contribution in [0.25, 0.3) is 0 Å². The fourth-order valence-corrected chi connectivity index (χ4v) is 2.71. The van der Waals surface area contributed by atoms with Crippen molar-refractivity contribution >= 4 is 0 Å². The van der Waals surface area contributed by atoms with E-state index in [4.69, 9.17) is 5.73 Å². The van der Waals surface area contributed by atoms with Crippen molar-refractivity contribution in [2.75, 3.05) is 0 Å². The quantitative estimate of drug-likeness (QED) is 0.812. The second-order valence-corrected chi connectivity index (χ2v) is 5.15. The summed E-state index contributed by atoms with van der Waals surface area (Å²) in [5, 5.41) is 0. The van der Waals surface area contributed by atoms with Crippen molar-refractivity contribution in [3.8, 4) is 0 Å². The summed E-state index contributed by atoms with van der Waals surface area (Å²) in [5.74, 6) is 0.698. The van der Waals surface area contributed by atoms with Crippen LogP contribution in [0.5, 0.6) is 0 Å². The lowest BCUT2D eigenvalue weighted by atomic mass is 9.72. The maximum absolute atomic E-state index is 6.38. The molecule has 16 heavy (non-hydrogen) atoms. The van der Waals surface area contributed by atoms with Crippen LogP contribution < -0.4 is 5.73 Å². The lowest BCUT2D eigenvalue weighted by Crippen LogP contribution is -2.43. The molecular formula is C15H23N. The van der Waals surface area contributed by atoms with Crippen LogP contribution in [0.4, 0.5) is 0 Å². The second-order valence-electron chi connectivity index (χ2n) is 5.15. The van der Waals surface area contributed by atoms with Gasteiger partial charge < -0.3 is 5.73 Å². The minimum Gasteiger partial charge on any atom is -0.321 e. The standard InChI is InChI=1S/C15H23N/c1-3-12(4-2)13-7-5-8-14(11-13)15(16)9-6-10-15/h5,7-8,11-12H,3-4,6,9-10,16H2,1-2H3. The van der Waals surface area contributed by atoms with E-state index >= 15 is 0 Å². The van der Waals surface area contributed by atoms with Gasteiger partial charge in [-0.05, 0) is 49.1 Å². The fraction of sp³-hybridized carbons (Fsp3) is 0.600. The Balaban J connectivity index is 2.25. The van der Waals surface area contributed by atoms with Crippen molar-refractivity contribution in [2.24, 2.45) is 5.73 Å². The van der Waals surface area contributed by atoms with Crippen molar-refractivity contribution in [3.63, 3.8) is 0 Å². The van der Waals surface area contributed by atoms with Crippen molar-refractivity contribution < 1.29 is 0 Å². The van der Waals surface area contributed by atoms with Gasteiger partial charge in [0.2, 0.25) is 0 Å². The van der Waals surface area contributed by atoms with Crippen molar-refractivity contribution in [1.82, 2.24) is 0 Å². The Morgan fingerprint density at radius 3 is 2.44 bits per heavy atom. The van der Waals surface area contributed by atoms with E-state index in [0.29, 0.717) is 5.92 Å². The molecule has 0 unspecified atom stereocenters. The molecule has 0 saturated heterocycles. The minimum atomic E-state index is -0.0119. The lowest BCUT2D eigenvalue weighted by Gasteiger charge is -2.39. The number of benzene rings is 1. The van der Waals surface area contributed by atoms with Gasteiger partial charge >= 0.3 is 0 Å². The molecule has 1 saturated carbocycles. The summed E-state index contributed by atoms with van der Waals surface area (Å²) in [4.78, 5) is 0. The summed E-state index contributed by atoms with van der Waals surface area (Å²) in [7, 11) is 0. The monoisotopic (exact) mass is 217 g/mol. The number of hydrogen-bond donors (Lipinski definition) is 1. The molecule has 0 amide bonds. The van der Waals surface area contributed by atoms with Crippen molar-refractivity contribution in [1.29, 1.82) is 0 Å². The molecule has 1 nitrogen and oxygen atoms in total. The summed E-state index contributed by atoms with van der Waals surface area (Å²) in [5.41, 5.74) is 9.19. The lowest BCUT2D eigenvalue weighted by molar-refractivity contribution is 0.253. The zero-order valence-corrected chi connectivity index (χ0v) is 10.5. The normalized spacial score (nSPS) is 18.5. The minimum absolute atomic E-state index is 0.0119. The third-order valence-corrected chi connectivity index (χ3v) is 4.16. The van der Waals surface area contributed by atoms with Crippen LogP contribution in [-0.2, 0) is 5.54 Å². The van der Waals surface area contributed by atoms with Crippen LogP contribution in [0.1, 0.15) is 63.0 Å². The molecule has 0 spiro atoms. The van der Waals surface area contributed by atoms with E-state index in [0.717, 1.165) is 12.8 Å². The Kier molecular flexibility index (Phi) is 3.34. The Hall–Kier alpha value is -0.820. The molecular weight excluding hydrogens is 194 g/mol. The molecule has 1 aromatic rings. The Labute approximate surface area is 99.0 Å². The highest BCUT2D eigenvalue weighted by Gasteiger charge is 2.34. The van der Waals surface area contributed by atoms with E-state index < -0.39 is 0 Å². The number of rotatable bonds is 4. The summed E-state index contributed by atoms with van der Waals surface area (Å²) in [6.45, 7) is 4.53. The Bertz CT molecular complexity index is 348. The van der Waals surface area contributed by atoms with Gasteiger partial charge in [-0.25, -0.2) is 0 Å². The van der Waals surface area contributed by atoms with Crippen LogP contribution in [0.15, 0.2) is 24.3 Å². The van der Waals surface area contributed by atoms with E-state index in [1.54, 1.807) is 0 Å². The van der Waals surface area contributed by atoms with Gasteiger partial charge in [0, 0.05) is 5.54 Å². The van der Waals surface area contributed by atoms with Gasteiger partial charge in [0.15, 0.2) is 0 Å². The van der Waals surface area contributed by atoms with E-state index in [9.17, 15) is 0 Å². The van der Waals surface area contributed by atoms with Crippen molar-refractivity contribution in [2.45, 2.75) is 57.4 Å². The molecule has 88 valence electrons. The molecule has 1 aliphatic carbocycles. The van der Waals surface area contributed by atoms with E-state index in [2.05, 4.69) is 38.1 Å². The van der Waals surface area contributed by atoms with Gasteiger partial charge in [0.25, 0.3) is 0 Å². The highest BCUT2D eigenvalue weighted by Crippen LogP contribution is 2.39. The van der Waals surface area contributed by atoms with E-state index in [1.807, 2.05) is 0 Å². The van der Waals surface area contributed by atoms with Gasteiger partial charge in [-0.2, -0.15) is 0 Å². The zero-order chi connectivity index (χ0) is 11.6. The average Bonchev–Trinajstić information content (AvgIpc) is 2.28. The summed E-state index contributed by atoms with van der Waals surface area (Å²) in [6.07, 6.45) is 6.03. The molecule has 0 atom stereocenters. The first-order valence-electron chi connectivity index (χ1n) is 6.59. The Morgan fingerprint density at radius 1 is 1.25 bits per heavy atom. The smallest absolute Gasteiger partial charge is 0.0409 e. The largest absolute Gasteiger partial charge is 0.321 e. The number of nitrogens with two attached hydrogens (primary N) is 1. The molecule has 1 fully saturated rings. The molecule has 2 N–H and O–H groups in total. The first kappa shape index (κ1) is 11.7. The SMILES string of the molecule is CCC(CC)c1cccc(C2(N)CCC2)c1. The molecule has 2 rings (SSSR count). The predicted octanol–water partition coefficient (Wildman–Crippen LogP) is 3.93. The summed E-state index contributed by atoms with van der Waals surface area (Å²) >= 11 is 0. The van der Waals surface area contributed by atoms with E-state index in [1.165, 1.54) is 30.4 Å². The average molecular weight is 217 g/mol. The summed E-state index contributed by atoms with van der Waals surface area (Å²) in [6, 6.07) is 8.97. The molecule has 0 radical (unpaired) electrons. The van der Waals surface area contributed by atoms with Gasteiger partial charge in [-0.15, -0.1) is 0 Å². The predicted molar refractivity (Wildman–Crippen MR) is 69.5 cm³/mol. The molecule has 0 bridgehead atoms. The van der Waals surface area contributed by atoms with Gasteiger partial charge in [-0.1, -0.05) is 38.1 Å². The zero-order valence-electron chi connectivity index (χ0n) is 10.5. The molecule has 1 aliphatic rings. The number of hydrogen-bond acceptors (Lipinski definition) is 1. The Morgan fingerprint density at radius 2 is 1.94 bits per heavy atom. The second kappa shape index (κ2) is 4.58. The van der Waals surface area contributed by atoms with Gasteiger partial charge in [0.1, 0.15) is 0 Å². The first-order valence-corrected chi connectivity index (χ1v) is 6.59. The highest BCUT2D eigenvalue weighted by atomic mass is 14.8. The van der Waals surface area contributed by atoms with Crippen molar-refractivity contribution in [3.05, 3.63) is 35.4 Å². The highest BCUT2D eigenvalue weighted by molar-refractivity contribution is 5.32. The maximum Gasteiger partial charge on any atom is 0.0409 e. The van der Waals surface area contributed by atoms with Crippen LogP contribution in [0.3, 0.4) is 0 Å². The van der Waals surface area contributed by atoms with Crippen LogP contribution in [0.2, 0.25) is 0 Å². The van der Waals surface area contributed by atoms with Gasteiger partial charge in [-0.3, -0.25) is 0 Å².